The molecule has 0 saturated carbocycles. The SMILES string of the molecule is CCc1ccc(N2C(N3CCCC3)=NC(N)=NC2Nc2cc(C)cc(C)c2)cc1.Cl. The number of nitrogens with zero attached hydrogens (tertiary/aromatic N) is 4. The lowest BCUT2D eigenvalue weighted by molar-refractivity contribution is 0.497. The second-order valence-electron chi connectivity index (χ2n) is 7.88. The molecule has 7 heteroatoms. The van der Waals surface area contributed by atoms with E-state index >= 15 is 0 Å². The molecule has 2 aliphatic rings. The largest absolute Gasteiger partial charge is 0.368 e. The predicted octanol–water partition coefficient (Wildman–Crippen LogP) is 4.27. The Hall–Kier alpha value is -2.73. The van der Waals surface area contributed by atoms with E-state index in [4.69, 9.17) is 5.73 Å². The van der Waals surface area contributed by atoms with Crippen LogP contribution in [0.5, 0.6) is 0 Å². The minimum Gasteiger partial charge on any atom is -0.368 e. The molecule has 1 fully saturated rings. The van der Waals surface area contributed by atoms with E-state index in [-0.39, 0.29) is 18.7 Å². The van der Waals surface area contributed by atoms with Crippen molar-refractivity contribution >= 4 is 35.7 Å². The van der Waals surface area contributed by atoms with Crippen molar-refractivity contribution in [3.05, 3.63) is 59.2 Å². The third-order valence-corrected chi connectivity index (χ3v) is 5.46. The monoisotopic (exact) mass is 426 g/mol. The first-order valence-corrected chi connectivity index (χ1v) is 10.4. The average molecular weight is 427 g/mol. The molecule has 2 aliphatic heterocycles. The van der Waals surface area contributed by atoms with Crippen molar-refractivity contribution in [2.24, 2.45) is 15.7 Å². The summed E-state index contributed by atoms with van der Waals surface area (Å²) in [6, 6.07) is 15.1. The van der Waals surface area contributed by atoms with Crippen molar-refractivity contribution in [3.8, 4) is 0 Å². The number of hydrogen-bond donors (Lipinski definition) is 2. The summed E-state index contributed by atoms with van der Waals surface area (Å²) in [5.41, 5.74) is 12.0. The number of likely N-dealkylation sites (tertiary alicyclic amines) is 1. The van der Waals surface area contributed by atoms with Gasteiger partial charge in [0, 0.05) is 24.5 Å². The van der Waals surface area contributed by atoms with E-state index in [0.29, 0.717) is 5.96 Å². The number of nitrogens with two attached hydrogens (primary N) is 1. The van der Waals surface area contributed by atoms with Crippen LogP contribution in [-0.4, -0.2) is 36.2 Å². The molecule has 0 aromatic heterocycles. The van der Waals surface area contributed by atoms with Gasteiger partial charge in [0.2, 0.25) is 18.2 Å². The first-order chi connectivity index (χ1) is 14.0. The number of hydrogen-bond acceptors (Lipinski definition) is 6. The number of anilines is 2. The van der Waals surface area contributed by atoms with Gasteiger partial charge in [-0.15, -0.1) is 12.4 Å². The van der Waals surface area contributed by atoms with Crippen LogP contribution in [0.4, 0.5) is 11.4 Å². The molecule has 0 spiro atoms. The summed E-state index contributed by atoms with van der Waals surface area (Å²) in [4.78, 5) is 13.8. The number of rotatable bonds is 4. The van der Waals surface area contributed by atoms with Gasteiger partial charge in [0.25, 0.3) is 0 Å². The molecule has 1 saturated heterocycles. The molecule has 0 radical (unpaired) electrons. The zero-order valence-corrected chi connectivity index (χ0v) is 18.7. The van der Waals surface area contributed by atoms with Crippen LogP contribution in [0.1, 0.15) is 36.5 Å². The number of aryl methyl sites for hydroxylation is 3. The summed E-state index contributed by atoms with van der Waals surface area (Å²) in [7, 11) is 0. The topological polar surface area (TPSA) is 69.2 Å². The quantitative estimate of drug-likeness (QED) is 0.765. The maximum absolute atomic E-state index is 6.15. The van der Waals surface area contributed by atoms with Crippen molar-refractivity contribution < 1.29 is 0 Å². The van der Waals surface area contributed by atoms with Crippen molar-refractivity contribution in [1.82, 2.24) is 4.90 Å². The second-order valence-corrected chi connectivity index (χ2v) is 7.88. The normalized spacial score (nSPS) is 18.6. The van der Waals surface area contributed by atoms with Gasteiger partial charge in [-0.05, 0) is 74.1 Å². The van der Waals surface area contributed by atoms with E-state index in [2.05, 4.69) is 88.3 Å². The number of benzene rings is 2. The lowest BCUT2D eigenvalue weighted by atomic mass is 10.1. The van der Waals surface area contributed by atoms with Gasteiger partial charge < -0.3 is 16.0 Å². The van der Waals surface area contributed by atoms with Gasteiger partial charge in [-0.1, -0.05) is 25.1 Å². The maximum Gasteiger partial charge on any atom is 0.222 e. The fourth-order valence-electron chi connectivity index (χ4n) is 4.07. The summed E-state index contributed by atoms with van der Waals surface area (Å²) in [5, 5.41) is 3.57. The van der Waals surface area contributed by atoms with Gasteiger partial charge in [-0.2, -0.15) is 4.99 Å². The Labute approximate surface area is 185 Å². The first-order valence-electron chi connectivity index (χ1n) is 10.4. The Morgan fingerprint density at radius 1 is 1.03 bits per heavy atom. The Morgan fingerprint density at radius 2 is 1.67 bits per heavy atom. The van der Waals surface area contributed by atoms with Gasteiger partial charge in [0.1, 0.15) is 0 Å². The minimum absolute atomic E-state index is 0. The molecular weight excluding hydrogens is 396 g/mol. The molecular formula is C23H31ClN6. The Kier molecular flexibility index (Phi) is 6.87. The zero-order valence-electron chi connectivity index (χ0n) is 17.9. The highest BCUT2D eigenvalue weighted by molar-refractivity contribution is 6.06. The van der Waals surface area contributed by atoms with Crippen LogP contribution in [0, 0.1) is 13.8 Å². The average Bonchev–Trinajstić information content (AvgIpc) is 3.22. The van der Waals surface area contributed by atoms with Gasteiger partial charge in [0.05, 0.1) is 0 Å². The molecule has 0 aliphatic carbocycles. The van der Waals surface area contributed by atoms with E-state index in [1.165, 1.54) is 29.5 Å². The predicted molar refractivity (Wildman–Crippen MR) is 129 cm³/mol. The van der Waals surface area contributed by atoms with Crippen LogP contribution in [0.25, 0.3) is 0 Å². The first kappa shape index (κ1) is 22.0. The molecule has 2 aromatic carbocycles. The third kappa shape index (κ3) is 4.70. The van der Waals surface area contributed by atoms with Gasteiger partial charge in [0.15, 0.2) is 0 Å². The molecule has 1 unspecified atom stereocenters. The fraction of sp³-hybridized carbons (Fsp3) is 0.391. The second kappa shape index (κ2) is 9.39. The van der Waals surface area contributed by atoms with Crippen LogP contribution in [0.2, 0.25) is 0 Å². The molecule has 2 heterocycles. The summed E-state index contributed by atoms with van der Waals surface area (Å²) < 4.78 is 0. The third-order valence-electron chi connectivity index (χ3n) is 5.46. The van der Waals surface area contributed by atoms with Crippen molar-refractivity contribution in [2.75, 3.05) is 23.3 Å². The van der Waals surface area contributed by atoms with Gasteiger partial charge in [-0.3, -0.25) is 4.90 Å². The molecule has 160 valence electrons. The fourth-order valence-corrected chi connectivity index (χ4v) is 4.07. The molecule has 6 nitrogen and oxygen atoms in total. The summed E-state index contributed by atoms with van der Waals surface area (Å²) in [6.45, 7) is 8.37. The highest BCUT2D eigenvalue weighted by Crippen LogP contribution is 2.26. The highest BCUT2D eigenvalue weighted by atomic mass is 35.5. The van der Waals surface area contributed by atoms with E-state index < -0.39 is 0 Å². The van der Waals surface area contributed by atoms with Crippen molar-refractivity contribution in [3.63, 3.8) is 0 Å². The molecule has 3 N–H and O–H groups in total. The van der Waals surface area contributed by atoms with Crippen LogP contribution < -0.4 is 16.0 Å². The Balaban J connectivity index is 0.00000256. The standard InChI is InChI=1S/C23H30N6.ClH/c1-4-18-7-9-20(10-8-18)29-22(25-19-14-16(2)13-17(3)15-19)26-21(24)27-23(29)28-11-5-6-12-28;/h7-10,13-15,22,25H,4-6,11-12H2,1-3H3,(H2,24,26);1H. The highest BCUT2D eigenvalue weighted by Gasteiger charge is 2.32. The van der Waals surface area contributed by atoms with Crippen LogP contribution in [-0.2, 0) is 6.42 Å². The molecule has 30 heavy (non-hydrogen) atoms. The summed E-state index contributed by atoms with van der Waals surface area (Å²) in [5.74, 6) is 1.19. The lowest BCUT2D eigenvalue weighted by Crippen LogP contribution is -2.54. The molecule has 2 aromatic rings. The lowest BCUT2D eigenvalue weighted by Gasteiger charge is -2.38. The van der Waals surface area contributed by atoms with Crippen molar-refractivity contribution in [1.29, 1.82) is 0 Å². The summed E-state index contributed by atoms with van der Waals surface area (Å²) in [6.07, 6.45) is 3.02. The Bertz CT molecular complexity index is 911. The molecule has 0 amide bonds. The smallest absolute Gasteiger partial charge is 0.222 e. The van der Waals surface area contributed by atoms with Crippen LogP contribution in [0.3, 0.4) is 0 Å². The number of guanidine groups is 2. The molecule has 0 bridgehead atoms. The number of nitrogens with one attached hydrogen (secondary N) is 1. The number of halogens is 1. The molecule has 1 atom stereocenters. The number of aliphatic imine (C=N–C) groups is 2. The van der Waals surface area contributed by atoms with E-state index in [1.807, 2.05) is 0 Å². The summed E-state index contributed by atoms with van der Waals surface area (Å²) >= 11 is 0. The van der Waals surface area contributed by atoms with E-state index in [0.717, 1.165) is 36.8 Å². The maximum atomic E-state index is 6.15. The molecule has 4 rings (SSSR count). The Morgan fingerprint density at radius 3 is 2.27 bits per heavy atom. The van der Waals surface area contributed by atoms with Gasteiger partial charge in [-0.25, -0.2) is 4.99 Å². The van der Waals surface area contributed by atoms with Crippen LogP contribution in [0.15, 0.2) is 52.4 Å². The van der Waals surface area contributed by atoms with E-state index in [1.54, 1.807) is 0 Å². The van der Waals surface area contributed by atoms with Crippen LogP contribution >= 0.6 is 12.4 Å². The zero-order chi connectivity index (χ0) is 20.4. The van der Waals surface area contributed by atoms with Crippen molar-refractivity contribution in [2.45, 2.75) is 46.3 Å². The van der Waals surface area contributed by atoms with E-state index in [9.17, 15) is 0 Å². The minimum atomic E-state index is -0.350. The van der Waals surface area contributed by atoms with Gasteiger partial charge >= 0.3 is 0 Å².